The Kier molecular flexibility index (Phi) is 4.63. The molecule has 1 aliphatic carbocycles. The maximum atomic E-state index is 13.0. The number of carbonyl (C=O) groups excluding carboxylic acids is 2. The maximum Gasteiger partial charge on any atom is 0.254 e. The Balaban J connectivity index is 1.63. The number of hydrogen-bond acceptors (Lipinski definition) is 5. The molecule has 31 heavy (non-hydrogen) atoms. The van der Waals surface area contributed by atoms with E-state index < -0.39 is 5.91 Å². The van der Waals surface area contributed by atoms with Crippen molar-refractivity contribution in [3.63, 3.8) is 0 Å². The van der Waals surface area contributed by atoms with Crippen LogP contribution in [-0.4, -0.2) is 48.2 Å². The summed E-state index contributed by atoms with van der Waals surface area (Å²) in [6.07, 6.45) is 0.608. The van der Waals surface area contributed by atoms with Crippen LogP contribution in [0.2, 0.25) is 0 Å². The average Bonchev–Trinajstić information content (AvgIpc) is 3.31. The van der Waals surface area contributed by atoms with Crippen LogP contribution >= 0.6 is 0 Å². The second-order valence-corrected chi connectivity index (χ2v) is 8.07. The van der Waals surface area contributed by atoms with Gasteiger partial charge < -0.3 is 19.9 Å². The van der Waals surface area contributed by atoms with Crippen molar-refractivity contribution in [2.45, 2.75) is 20.3 Å². The number of rotatable bonds is 3. The Morgan fingerprint density at radius 1 is 1.06 bits per heavy atom. The van der Waals surface area contributed by atoms with Crippen molar-refractivity contribution in [3.8, 4) is 22.3 Å². The first-order chi connectivity index (χ1) is 14.9. The largest absolute Gasteiger partial charge is 0.378 e. The van der Waals surface area contributed by atoms with Gasteiger partial charge in [0.25, 0.3) is 5.91 Å². The molecule has 2 N–H and O–H groups in total. The minimum atomic E-state index is -0.470. The van der Waals surface area contributed by atoms with Gasteiger partial charge in [0, 0.05) is 29.8 Å². The van der Waals surface area contributed by atoms with Crippen LogP contribution in [0.3, 0.4) is 0 Å². The summed E-state index contributed by atoms with van der Waals surface area (Å²) in [7, 11) is 0. The summed E-state index contributed by atoms with van der Waals surface area (Å²) >= 11 is 0. The minimum absolute atomic E-state index is 0.00319. The van der Waals surface area contributed by atoms with Gasteiger partial charge in [-0.15, -0.1) is 0 Å². The van der Waals surface area contributed by atoms with E-state index >= 15 is 0 Å². The Morgan fingerprint density at radius 2 is 1.84 bits per heavy atom. The number of carbonyl (C=O) groups is 2. The van der Waals surface area contributed by atoms with Gasteiger partial charge in [0.1, 0.15) is 5.76 Å². The molecule has 2 aromatic carbocycles. The molecule has 0 unspecified atom stereocenters. The highest BCUT2D eigenvalue weighted by atomic mass is 16.5. The number of aromatic nitrogens is 1. The molecule has 1 fully saturated rings. The lowest BCUT2D eigenvalue weighted by molar-refractivity contribution is 0.0303. The quantitative estimate of drug-likeness (QED) is 0.552. The van der Waals surface area contributed by atoms with Gasteiger partial charge in [-0.25, -0.2) is 0 Å². The number of hydrogen-bond donors (Lipinski definition) is 1. The summed E-state index contributed by atoms with van der Waals surface area (Å²) in [4.78, 5) is 27.1. The molecule has 7 nitrogen and oxygen atoms in total. The Labute approximate surface area is 179 Å². The molecule has 5 rings (SSSR count). The van der Waals surface area contributed by atoms with Crippen LogP contribution in [-0.2, 0) is 11.2 Å². The molecule has 0 bridgehead atoms. The van der Waals surface area contributed by atoms with Crippen LogP contribution in [0.5, 0.6) is 0 Å². The average molecular weight is 417 g/mol. The molecule has 3 aromatic rings. The van der Waals surface area contributed by atoms with Crippen molar-refractivity contribution in [1.82, 2.24) is 10.1 Å². The molecule has 1 aromatic heterocycles. The molecule has 0 spiro atoms. The number of morpholine rings is 1. The first-order valence-electron chi connectivity index (χ1n) is 10.3. The molecule has 2 aliphatic rings. The fraction of sp³-hybridized carbons (Fsp3) is 0.292. The van der Waals surface area contributed by atoms with E-state index in [1.54, 1.807) is 0 Å². The van der Waals surface area contributed by atoms with Crippen LogP contribution in [0.1, 0.15) is 43.3 Å². The van der Waals surface area contributed by atoms with E-state index in [9.17, 15) is 9.59 Å². The fourth-order valence-corrected chi connectivity index (χ4v) is 4.62. The molecular formula is C24H23N3O4. The number of fused-ring (bicyclic) bond motifs is 3. The molecule has 0 radical (unpaired) electrons. The van der Waals surface area contributed by atoms with Gasteiger partial charge in [0.15, 0.2) is 0 Å². The topological polar surface area (TPSA) is 98.7 Å². The predicted molar refractivity (Wildman–Crippen MR) is 115 cm³/mol. The van der Waals surface area contributed by atoms with Gasteiger partial charge >= 0.3 is 0 Å². The van der Waals surface area contributed by atoms with Crippen LogP contribution in [0, 0.1) is 13.8 Å². The lowest BCUT2D eigenvalue weighted by Crippen LogP contribution is -2.40. The number of ether oxygens (including phenoxy) is 1. The monoisotopic (exact) mass is 417 g/mol. The second kappa shape index (κ2) is 7.35. The van der Waals surface area contributed by atoms with Gasteiger partial charge in [0.05, 0.1) is 18.9 Å². The lowest BCUT2D eigenvalue weighted by atomic mass is 9.93. The van der Waals surface area contributed by atoms with Crippen LogP contribution in [0.15, 0.2) is 34.9 Å². The highest BCUT2D eigenvalue weighted by molar-refractivity contribution is 6.01. The number of aryl methyl sites for hydroxylation is 2. The third kappa shape index (κ3) is 3.21. The number of primary amides is 1. The van der Waals surface area contributed by atoms with Gasteiger partial charge in [-0.1, -0.05) is 11.2 Å². The normalized spacial score (nSPS) is 15.0. The number of nitrogens with zero attached hydrogens (tertiary/aromatic N) is 2. The molecule has 0 saturated carbocycles. The number of nitrogens with two attached hydrogens (primary N) is 1. The van der Waals surface area contributed by atoms with E-state index in [1.165, 1.54) is 0 Å². The first kappa shape index (κ1) is 19.5. The highest BCUT2D eigenvalue weighted by Gasteiger charge is 2.27. The molecule has 2 heterocycles. The van der Waals surface area contributed by atoms with Crippen molar-refractivity contribution in [1.29, 1.82) is 0 Å². The lowest BCUT2D eigenvalue weighted by Gasteiger charge is -2.27. The molecule has 158 valence electrons. The van der Waals surface area contributed by atoms with Crippen molar-refractivity contribution in [2.75, 3.05) is 26.3 Å². The standard InChI is InChI=1S/C24H23N3O4/c1-13-22(14(2)31-26-13)17-11-19-18-10-16(24(29)27-5-7-30-8-6-27)4-3-15(18)9-20(19)21(12-17)23(25)28/h3-4,10-12H,5-9H2,1-2H3,(H2,25,28). The number of amides is 2. The van der Waals surface area contributed by atoms with Crippen LogP contribution < -0.4 is 5.73 Å². The van der Waals surface area contributed by atoms with Gasteiger partial charge in [-0.2, -0.15) is 0 Å². The summed E-state index contributed by atoms with van der Waals surface area (Å²) in [6, 6.07) is 9.63. The summed E-state index contributed by atoms with van der Waals surface area (Å²) in [5.41, 5.74) is 13.2. The van der Waals surface area contributed by atoms with E-state index in [0.717, 1.165) is 39.1 Å². The summed E-state index contributed by atoms with van der Waals surface area (Å²) in [5, 5.41) is 4.04. The van der Waals surface area contributed by atoms with Crippen molar-refractivity contribution in [2.24, 2.45) is 5.73 Å². The summed E-state index contributed by atoms with van der Waals surface area (Å²) < 4.78 is 10.7. The van der Waals surface area contributed by atoms with Crippen LogP contribution in [0.25, 0.3) is 22.3 Å². The Hall–Kier alpha value is -3.45. The summed E-state index contributed by atoms with van der Waals surface area (Å²) in [6.45, 7) is 6.02. The number of benzene rings is 2. The van der Waals surface area contributed by atoms with E-state index in [2.05, 4.69) is 5.16 Å². The van der Waals surface area contributed by atoms with Crippen molar-refractivity contribution >= 4 is 11.8 Å². The minimum Gasteiger partial charge on any atom is -0.378 e. The Morgan fingerprint density at radius 3 is 2.52 bits per heavy atom. The molecule has 2 amide bonds. The van der Waals surface area contributed by atoms with Gasteiger partial charge in [-0.05, 0) is 72.4 Å². The fourth-order valence-electron chi connectivity index (χ4n) is 4.62. The van der Waals surface area contributed by atoms with Crippen molar-refractivity contribution < 1.29 is 18.8 Å². The van der Waals surface area contributed by atoms with E-state index in [4.69, 9.17) is 15.0 Å². The van der Waals surface area contributed by atoms with Gasteiger partial charge in [0.2, 0.25) is 5.91 Å². The third-order valence-corrected chi connectivity index (χ3v) is 6.15. The SMILES string of the molecule is Cc1noc(C)c1-c1cc(C(N)=O)c2c(c1)-c1cc(C(=O)N3CCOCC3)ccc1C2. The smallest absolute Gasteiger partial charge is 0.254 e. The van der Waals surface area contributed by atoms with Crippen molar-refractivity contribution in [3.05, 3.63) is 64.0 Å². The molecule has 1 aliphatic heterocycles. The zero-order valence-corrected chi connectivity index (χ0v) is 17.5. The first-order valence-corrected chi connectivity index (χ1v) is 10.3. The second-order valence-electron chi connectivity index (χ2n) is 8.07. The summed E-state index contributed by atoms with van der Waals surface area (Å²) in [5.74, 6) is 0.209. The predicted octanol–water partition coefficient (Wildman–Crippen LogP) is 3.10. The van der Waals surface area contributed by atoms with E-state index in [0.29, 0.717) is 49.6 Å². The zero-order valence-electron chi connectivity index (χ0n) is 17.5. The Bertz CT molecular complexity index is 1200. The van der Waals surface area contributed by atoms with E-state index in [1.807, 2.05) is 49.1 Å². The molecular weight excluding hydrogens is 394 g/mol. The third-order valence-electron chi connectivity index (χ3n) is 6.15. The maximum absolute atomic E-state index is 13.0. The molecule has 1 saturated heterocycles. The zero-order chi connectivity index (χ0) is 21.7. The highest BCUT2D eigenvalue weighted by Crippen LogP contribution is 2.42. The van der Waals surface area contributed by atoms with Crippen LogP contribution in [0.4, 0.5) is 0 Å². The molecule has 0 atom stereocenters. The van der Waals surface area contributed by atoms with Gasteiger partial charge in [-0.3, -0.25) is 9.59 Å². The molecule has 7 heteroatoms. The van der Waals surface area contributed by atoms with E-state index in [-0.39, 0.29) is 5.91 Å².